The Morgan fingerprint density at radius 1 is 1.37 bits per heavy atom. The number of rotatable bonds is 3. The molecular weight excluding hydrogens is 324 g/mol. The summed E-state index contributed by atoms with van der Waals surface area (Å²) >= 11 is 4.99. The summed E-state index contributed by atoms with van der Waals surface area (Å²) < 4.78 is 1.06. The van der Waals surface area contributed by atoms with Crippen molar-refractivity contribution < 1.29 is 4.79 Å². The maximum atomic E-state index is 12.2. The molecule has 1 aromatic heterocycles. The Balaban J connectivity index is 1.52. The summed E-state index contributed by atoms with van der Waals surface area (Å²) in [6.45, 7) is 4.30. The van der Waals surface area contributed by atoms with Gasteiger partial charge in [-0.15, -0.1) is 11.3 Å². The Morgan fingerprint density at radius 3 is 2.58 bits per heavy atom. The summed E-state index contributed by atoms with van der Waals surface area (Å²) in [6, 6.07) is 3.17. The predicted octanol–water partition coefficient (Wildman–Crippen LogP) is 3.18. The molecule has 2 fully saturated rings. The van der Waals surface area contributed by atoms with E-state index in [1.165, 1.54) is 24.2 Å². The van der Waals surface area contributed by atoms with Crippen molar-refractivity contribution in [2.24, 2.45) is 0 Å². The van der Waals surface area contributed by atoms with Gasteiger partial charge in [-0.05, 0) is 60.2 Å². The van der Waals surface area contributed by atoms with Gasteiger partial charge >= 0.3 is 0 Å². The molecule has 0 bridgehead atoms. The van der Waals surface area contributed by atoms with Crippen LogP contribution in [-0.4, -0.2) is 36.0 Å². The van der Waals surface area contributed by atoms with E-state index in [4.69, 9.17) is 0 Å². The zero-order valence-corrected chi connectivity index (χ0v) is 13.5. The Morgan fingerprint density at radius 2 is 2.05 bits per heavy atom. The molecule has 5 heteroatoms. The number of hydrogen-bond acceptors (Lipinski definition) is 3. The topological polar surface area (TPSA) is 32.3 Å². The molecule has 19 heavy (non-hydrogen) atoms. The number of thiophene rings is 1. The summed E-state index contributed by atoms with van der Waals surface area (Å²) in [5.41, 5.74) is 1.14. The molecule has 0 unspecified atom stereocenters. The Kier molecular flexibility index (Phi) is 3.96. The summed E-state index contributed by atoms with van der Waals surface area (Å²) in [4.78, 5) is 15.6. The first kappa shape index (κ1) is 13.6. The van der Waals surface area contributed by atoms with Crippen LogP contribution in [0, 0.1) is 6.92 Å². The second-order valence-electron chi connectivity index (χ2n) is 5.58. The van der Waals surface area contributed by atoms with Gasteiger partial charge in [-0.1, -0.05) is 0 Å². The molecule has 104 valence electrons. The van der Waals surface area contributed by atoms with Gasteiger partial charge in [0.15, 0.2) is 0 Å². The van der Waals surface area contributed by atoms with Crippen LogP contribution in [0.4, 0.5) is 0 Å². The fourth-order valence-corrected chi connectivity index (χ4v) is 4.11. The molecule has 1 aliphatic carbocycles. The van der Waals surface area contributed by atoms with Gasteiger partial charge in [0.2, 0.25) is 0 Å². The molecular formula is C14H19BrN2OS. The summed E-state index contributed by atoms with van der Waals surface area (Å²) in [5.74, 6) is 0.0867. The third-order valence-electron chi connectivity index (χ3n) is 4.01. The highest BCUT2D eigenvalue weighted by Gasteiger charge is 2.32. The molecule has 1 aliphatic heterocycles. The second-order valence-corrected chi connectivity index (χ2v) is 7.95. The van der Waals surface area contributed by atoms with E-state index < -0.39 is 0 Å². The van der Waals surface area contributed by atoms with Gasteiger partial charge in [-0.25, -0.2) is 0 Å². The van der Waals surface area contributed by atoms with Crippen LogP contribution in [0.3, 0.4) is 0 Å². The number of nitrogens with zero attached hydrogens (tertiary/aromatic N) is 1. The molecule has 0 atom stereocenters. The van der Waals surface area contributed by atoms with Crippen LogP contribution in [0.5, 0.6) is 0 Å². The standard InChI is InChI=1S/C14H19BrN2OS/c1-9-8-12(19-13(9)15)14(18)16-10-4-6-17(7-5-10)11-2-3-11/h8,10-11H,2-7H2,1H3,(H,16,18). The molecule has 0 spiro atoms. The van der Waals surface area contributed by atoms with E-state index >= 15 is 0 Å². The number of likely N-dealkylation sites (tertiary alicyclic amines) is 1. The van der Waals surface area contributed by atoms with Crippen molar-refractivity contribution in [2.75, 3.05) is 13.1 Å². The lowest BCUT2D eigenvalue weighted by Gasteiger charge is -2.32. The molecule has 0 radical (unpaired) electrons. The van der Waals surface area contributed by atoms with Crippen molar-refractivity contribution in [1.29, 1.82) is 0 Å². The highest BCUT2D eigenvalue weighted by molar-refractivity contribution is 9.11. The number of amides is 1. The fraction of sp³-hybridized carbons (Fsp3) is 0.643. The SMILES string of the molecule is Cc1cc(C(=O)NC2CCN(C3CC3)CC2)sc1Br. The van der Waals surface area contributed by atoms with Gasteiger partial charge < -0.3 is 10.2 Å². The van der Waals surface area contributed by atoms with Crippen LogP contribution in [0.15, 0.2) is 9.85 Å². The van der Waals surface area contributed by atoms with E-state index in [1.54, 1.807) is 0 Å². The smallest absolute Gasteiger partial charge is 0.261 e. The molecule has 1 aromatic rings. The first-order valence-corrected chi connectivity index (χ1v) is 8.55. The van der Waals surface area contributed by atoms with Crippen LogP contribution in [0.1, 0.15) is 40.9 Å². The van der Waals surface area contributed by atoms with E-state index in [9.17, 15) is 4.79 Å². The predicted molar refractivity (Wildman–Crippen MR) is 81.8 cm³/mol. The molecule has 1 saturated heterocycles. The van der Waals surface area contributed by atoms with Gasteiger partial charge in [0.25, 0.3) is 5.91 Å². The van der Waals surface area contributed by atoms with Crippen molar-refractivity contribution in [2.45, 2.75) is 44.7 Å². The largest absolute Gasteiger partial charge is 0.349 e. The maximum absolute atomic E-state index is 12.2. The number of carbonyl (C=O) groups is 1. The third kappa shape index (κ3) is 3.20. The van der Waals surface area contributed by atoms with E-state index in [0.29, 0.717) is 6.04 Å². The van der Waals surface area contributed by atoms with E-state index in [1.807, 2.05) is 13.0 Å². The quantitative estimate of drug-likeness (QED) is 0.914. The monoisotopic (exact) mass is 342 g/mol. The lowest BCUT2D eigenvalue weighted by atomic mass is 10.0. The fourth-order valence-electron chi connectivity index (χ4n) is 2.68. The average molecular weight is 343 g/mol. The van der Waals surface area contributed by atoms with Crippen LogP contribution < -0.4 is 5.32 Å². The molecule has 1 N–H and O–H groups in total. The van der Waals surface area contributed by atoms with Crippen LogP contribution in [0.25, 0.3) is 0 Å². The van der Waals surface area contributed by atoms with Gasteiger partial charge in [0.1, 0.15) is 0 Å². The van der Waals surface area contributed by atoms with Crippen molar-refractivity contribution in [3.05, 3.63) is 20.3 Å². The van der Waals surface area contributed by atoms with Crippen LogP contribution in [0.2, 0.25) is 0 Å². The van der Waals surface area contributed by atoms with Crippen molar-refractivity contribution in [3.63, 3.8) is 0 Å². The zero-order valence-electron chi connectivity index (χ0n) is 11.1. The van der Waals surface area contributed by atoms with Crippen molar-refractivity contribution in [3.8, 4) is 0 Å². The molecule has 2 aliphatic rings. The maximum Gasteiger partial charge on any atom is 0.261 e. The normalized spacial score (nSPS) is 21.6. The first-order chi connectivity index (χ1) is 9.13. The lowest BCUT2D eigenvalue weighted by molar-refractivity contribution is 0.0913. The highest BCUT2D eigenvalue weighted by atomic mass is 79.9. The van der Waals surface area contributed by atoms with Crippen molar-refractivity contribution in [1.82, 2.24) is 10.2 Å². The van der Waals surface area contributed by atoms with Crippen LogP contribution in [-0.2, 0) is 0 Å². The van der Waals surface area contributed by atoms with Crippen LogP contribution >= 0.6 is 27.3 Å². The van der Waals surface area contributed by atoms with E-state index in [-0.39, 0.29) is 5.91 Å². The van der Waals surface area contributed by atoms with Gasteiger partial charge in [-0.2, -0.15) is 0 Å². The third-order valence-corrected chi connectivity index (χ3v) is 6.14. The molecule has 0 aromatic carbocycles. The summed E-state index contributed by atoms with van der Waals surface area (Å²) in [6.07, 6.45) is 4.93. The van der Waals surface area contributed by atoms with Crippen molar-refractivity contribution >= 4 is 33.2 Å². The Bertz CT molecular complexity index is 456. The van der Waals surface area contributed by atoms with Gasteiger partial charge in [0, 0.05) is 25.2 Å². The second kappa shape index (κ2) is 5.54. The number of halogens is 1. The number of piperidine rings is 1. The lowest BCUT2D eigenvalue weighted by Crippen LogP contribution is -2.45. The number of nitrogens with one attached hydrogen (secondary N) is 1. The zero-order chi connectivity index (χ0) is 13.4. The minimum Gasteiger partial charge on any atom is -0.349 e. The molecule has 1 saturated carbocycles. The Labute approximate surface area is 126 Å². The van der Waals surface area contributed by atoms with E-state index in [0.717, 1.165) is 46.2 Å². The minimum atomic E-state index is 0.0867. The molecule has 2 heterocycles. The average Bonchev–Trinajstić information content (AvgIpc) is 3.18. The van der Waals surface area contributed by atoms with Gasteiger partial charge in [-0.3, -0.25) is 4.79 Å². The van der Waals surface area contributed by atoms with Gasteiger partial charge in [0.05, 0.1) is 8.66 Å². The number of carbonyl (C=O) groups excluding carboxylic acids is 1. The summed E-state index contributed by atoms with van der Waals surface area (Å²) in [5, 5.41) is 3.18. The minimum absolute atomic E-state index is 0.0867. The summed E-state index contributed by atoms with van der Waals surface area (Å²) in [7, 11) is 0. The molecule has 3 rings (SSSR count). The molecule has 1 amide bonds. The Hall–Kier alpha value is -0.390. The number of hydrogen-bond donors (Lipinski definition) is 1. The highest BCUT2D eigenvalue weighted by Crippen LogP contribution is 2.30. The first-order valence-electron chi connectivity index (χ1n) is 6.94. The number of aryl methyl sites for hydroxylation is 1. The van der Waals surface area contributed by atoms with E-state index in [2.05, 4.69) is 26.1 Å². The molecule has 3 nitrogen and oxygen atoms in total.